The van der Waals surface area contributed by atoms with Crippen molar-refractivity contribution in [1.82, 2.24) is 9.13 Å². The molecule has 0 saturated heterocycles. The molecule has 18 heavy (non-hydrogen) atoms. The first-order valence-corrected chi connectivity index (χ1v) is 6.77. The quantitative estimate of drug-likeness (QED) is 0.776. The predicted octanol–water partition coefficient (Wildman–Crippen LogP) is 2.59. The van der Waals surface area contributed by atoms with Crippen LogP contribution in [0.4, 0.5) is 0 Å². The van der Waals surface area contributed by atoms with Crippen molar-refractivity contribution in [3.8, 4) is 0 Å². The van der Waals surface area contributed by atoms with E-state index in [2.05, 4.69) is 31.9 Å². The minimum absolute atomic E-state index is 0.0225. The number of carbonyl (C=O) groups excluding carboxylic acids is 1. The zero-order valence-corrected chi connectivity index (χ0v) is 12.7. The zero-order valence-electron chi connectivity index (χ0n) is 9.56. The lowest BCUT2D eigenvalue weighted by Gasteiger charge is -2.07. The predicted molar refractivity (Wildman–Crippen MR) is 75.8 cm³/mol. The van der Waals surface area contributed by atoms with E-state index in [1.54, 1.807) is 42.2 Å². The van der Waals surface area contributed by atoms with Gasteiger partial charge in [-0.15, -0.1) is 0 Å². The van der Waals surface area contributed by atoms with Crippen LogP contribution in [-0.2, 0) is 13.6 Å². The average Bonchev–Trinajstić information content (AvgIpc) is 2.71. The van der Waals surface area contributed by atoms with Gasteiger partial charge in [0.2, 0.25) is 0 Å². The highest BCUT2D eigenvalue weighted by atomic mass is 79.9. The summed E-state index contributed by atoms with van der Waals surface area (Å²) in [5.74, 6) is -0.102. The van der Waals surface area contributed by atoms with Gasteiger partial charge in [-0.3, -0.25) is 9.59 Å². The van der Waals surface area contributed by atoms with Crippen molar-refractivity contribution in [2.24, 2.45) is 7.05 Å². The van der Waals surface area contributed by atoms with Gasteiger partial charge in [0.25, 0.3) is 5.56 Å². The normalized spacial score (nSPS) is 10.6. The summed E-state index contributed by atoms with van der Waals surface area (Å²) in [7, 11) is 1.80. The molecule has 0 atom stereocenters. The van der Waals surface area contributed by atoms with Gasteiger partial charge in [0.05, 0.1) is 16.7 Å². The summed E-state index contributed by atoms with van der Waals surface area (Å²) < 4.78 is 4.29. The van der Waals surface area contributed by atoms with E-state index in [-0.39, 0.29) is 17.9 Å². The van der Waals surface area contributed by atoms with Gasteiger partial charge in [0.15, 0.2) is 5.78 Å². The van der Waals surface area contributed by atoms with Gasteiger partial charge in [0, 0.05) is 23.9 Å². The van der Waals surface area contributed by atoms with E-state index in [1.807, 2.05) is 0 Å². The van der Waals surface area contributed by atoms with Crippen LogP contribution in [0.5, 0.6) is 0 Å². The fraction of sp³-hybridized carbons (Fsp3) is 0.167. The molecule has 0 N–H and O–H groups in total. The number of hydrogen-bond donors (Lipinski definition) is 0. The second kappa shape index (κ2) is 5.24. The van der Waals surface area contributed by atoms with Crippen LogP contribution >= 0.6 is 31.9 Å². The van der Waals surface area contributed by atoms with Gasteiger partial charge in [-0.2, -0.15) is 0 Å². The molecule has 0 aliphatic rings. The molecular weight excluding hydrogens is 364 g/mol. The summed E-state index contributed by atoms with van der Waals surface area (Å²) in [4.78, 5) is 23.9. The number of hydrogen-bond acceptors (Lipinski definition) is 2. The zero-order chi connectivity index (χ0) is 13.3. The molecule has 0 spiro atoms. The van der Waals surface area contributed by atoms with Crippen molar-refractivity contribution >= 4 is 37.6 Å². The topological polar surface area (TPSA) is 44.0 Å². The number of aromatic nitrogens is 2. The highest BCUT2D eigenvalue weighted by Crippen LogP contribution is 2.13. The molecule has 0 fully saturated rings. The summed E-state index contributed by atoms with van der Waals surface area (Å²) in [5.41, 5.74) is 0.360. The number of pyridine rings is 1. The first-order valence-electron chi connectivity index (χ1n) is 5.19. The fourth-order valence-electron chi connectivity index (χ4n) is 1.67. The standard InChI is InChI=1S/C12H10Br2N2O2/c1-15-4-2-3-10(15)11(17)7-16-6-8(13)5-9(14)12(16)18/h2-6H,7H2,1H3. The molecule has 2 heterocycles. The first kappa shape index (κ1) is 13.3. The van der Waals surface area contributed by atoms with Crippen LogP contribution in [0.15, 0.2) is 44.3 Å². The second-order valence-electron chi connectivity index (χ2n) is 3.87. The molecule has 94 valence electrons. The minimum Gasteiger partial charge on any atom is -0.348 e. The van der Waals surface area contributed by atoms with E-state index in [1.165, 1.54) is 4.57 Å². The van der Waals surface area contributed by atoms with Gasteiger partial charge < -0.3 is 9.13 Å². The Morgan fingerprint density at radius 2 is 2.11 bits per heavy atom. The van der Waals surface area contributed by atoms with Gasteiger partial charge in [-0.25, -0.2) is 0 Å². The Kier molecular flexibility index (Phi) is 3.87. The van der Waals surface area contributed by atoms with Crippen LogP contribution in [-0.4, -0.2) is 14.9 Å². The van der Waals surface area contributed by atoms with E-state index in [9.17, 15) is 9.59 Å². The number of Topliss-reactive ketones (excluding diaryl/α,β-unsaturated/α-hetero) is 1. The molecule has 2 aromatic rings. The van der Waals surface area contributed by atoms with Gasteiger partial charge in [-0.05, 0) is 50.1 Å². The summed E-state index contributed by atoms with van der Waals surface area (Å²) >= 11 is 6.46. The molecule has 0 amide bonds. The number of nitrogens with zero attached hydrogens (tertiary/aromatic N) is 2. The monoisotopic (exact) mass is 372 g/mol. The Balaban J connectivity index is 2.33. The molecule has 2 rings (SSSR count). The lowest BCUT2D eigenvalue weighted by atomic mass is 10.3. The maximum atomic E-state index is 12.1. The van der Waals surface area contributed by atoms with Crippen LogP contribution in [0, 0.1) is 0 Å². The van der Waals surface area contributed by atoms with Crippen molar-refractivity contribution in [3.63, 3.8) is 0 Å². The maximum Gasteiger partial charge on any atom is 0.265 e. The molecule has 4 nitrogen and oxygen atoms in total. The first-order chi connectivity index (χ1) is 8.49. The largest absolute Gasteiger partial charge is 0.348 e. The highest BCUT2D eigenvalue weighted by molar-refractivity contribution is 9.11. The van der Waals surface area contributed by atoms with Crippen molar-refractivity contribution in [3.05, 3.63) is 55.6 Å². The van der Waals surface area contributed by atoms with Crippen molar-refractivity contribution < 1.29 is 4.79 Å². The summed E-state index contributed by atoms with van der Waals surface area (Å²) in [6.07, 6.45) is 3.40. The Labute approximate surface area is 120 Å². The van der Waals surface area contributed by atoms with Crippen LogP contribution in [0.1, 0.15) is 10.5 Å². The lowest BCUT2D eigenvalue weighted by molar-refractivity contribution is 0.0963. The second-order valence-corrected chi connectivity index (χ2v) is 5.64. The average molecular weight is 374 g/mol. The number of aryl methyl sites for hydroxylation is 1. The van der Waals surface area contributed by atoms with E-state index in [4.69, 9.17) is 0 Å². The number of ketones is 1. The lowest BCUT2D eigenvalue weighted by Crippen LogP contribution is -2.25. The summed E-state index contributed by atoms with van der Waals surface area (Å²) in [6, 6.07) is 5.19. The van der Waals surface area contributed by atoms with Crippen LogP contribution in [0.3, 0.4) is 0 Å². The third kappa shape index (κ3) is 2.64. The van der Waals surface area contributed by atoms with Crippen LogP contribution in [0.25, 0.3) is 0 Å². The summed E-state index contributed by atoms with van der Waals surface area (Å²) in [5, 5.41) is 0. The number of rotatable bonds is 3. The Hall–Kier alpha value is -1.14. The van der Waals surface area contributed by atoms with Crippen molar-refractivity contribution in [1.29, 1.82) is 0 Å². The molecule has 6 heteroatoms. The Morgan fingerprint density at radius 1 is 1.39 bits per heavy atom. The highest BCUT2D eigenvalue weighted by Gasteiger charge is 2.12. The van der Waals surface area contributed by atoms with Gasteiger partial charge >= 0.3 is 0 Å². The maximum absolute atomic E-state index is 12.1. The molecule has 0 aliphatic heterocycles. The minimum atomic E-state index is -0.222. The van der Waals surface area contributed by atoms with Crippen LogP contribution < -0.4 is 5.56 Å². The van der Waals surface area contributed by atoms with E-state index < -0.39 is 0 Å². The van der Waals surface area contributed by atoms with E-state index in [0.717, 1.165) is 4.47 Å². The van der Waals surface area contributed by atoms with Gasteiger partial charge in [-0.1, -0.05) is 0 Å². The van der Waals surface area contributed by atoms with Crippen LogP contribution in [0.2, 0.25) is 0 Å². The molecule has 2 aromatic heterocycles. The Morgan fingerprint density at radius 3 is 2.72 bits per heavy atom. The summed E-state index contributed by atoms with van der Waals surface area (Å²) in [6.45, 7) is 0.0225. The molecule has 0 saturated carbocycles. The third-order valence-electron chi connectivity index (χ3n) is 2.55. The van der Waals surface area contributed by atoms with E-state index >= 15 is 0 Å². The molecule has 0 radical (unpaired) electrons. The van der Waals surface area contributed by atoms with E-state index in [0.29, 0.717) is 10.2 Å². The number of carbonyl (C=O) groups is 1. The number of halogens is 2. The Bertz CT molecular complexity index is 658. The molecule has 0 aliphatic carbocycles. The smallest absolute Gasteiger partial charge is 0.265 e. The molecule has 0 aromatic carbocycles. The van der Waals surface area contributed by atoms with Gasteiger partial charge in [0.1, 0.15) is 0 Å². The van der Waals surface area contributed by atoms with Crippen molar-refractivity contribution in [2.75, 3.05) is 0 Å². The third-order valence-corrected chi connectivity index (χ3v) is 3.55. The molecule has 0 bridgehead atoms. The molecular formula is C12H10Br2N2O2. The molecule has 0 unspecified atom stereocenters. The fourth-order valence-corrected chi connectivity index (χ4v) is 2.93. The van der Waals surface area contributed by atoms with Crippen molar-refractivity contribution in [2.45, 2.75) is 6.54 Å². The SMILES string of the molecule is Cn1cccc1C(=O)Cn1cc(Br)cc(Br)c1=O.